The molecule has 0 atom stereocenters. The smallest absolute Gasteiger partial charge is 0.228 e. The van der Waals surface area contributed by atoms with E-state index >= 15 is 0 Å². The van der Waals surface area contributed by atoms with Gasteiger partial charge in [-0.15, -0.1) is 0 Å². The molecule has 0 spiro atoms. The number of aryl methyl sites for hydroxylation is 1. The minimum atomic E-state index is 0.0401. The molecule has 0 aliphatic carbocycles. The van der Waals surface area contributed by atoms with E-state index in [0.717, 1.165) is 38.5 Å². The number of nitrogens with zero attached hydrogens (tertiary/aromatic N) is 1. The molecule has 0 aliphatic heterocycles. The normalized spacial score (nSPS) is 11.2. The van der Waals surface area contributed by atoms with Gasteiger partial charge in [-0.05, 0) is 23.4 Å². The van der Waals surface area contributed by atoms with Crippen molar-refractivity contribution in [1.29, 1.82) is 0 Å². The minimum Gasteiger partial charge on any atom is -0.279 e. The molecule has 1 heterocycles. The average molecular weight is 299 g/mol. The Balaban J connectivity index is 2.24. The number of hydrogen-bond donors (Lipinski definition) is 0. The van der Waals surface area contributed by atoms with Crippen molar-refractivity contribution < 1.29 is 4.79 Å². The van der Waals surface area contributed by atoms with E-state index in [9.17, 15) is 4.79 Å². The molecule has 0 fully saturated rings. The Kier molecular flexibility index (Phi) is 3.05. The number of benzene rings is 3. The molecule has 4 rings (SSSR count). The summed E-state index contributed by atoms with van der Waals surface area (Å²) in [5.74, 6) is 0.0401. The lowest BCUT2D eigenvalue weighted by atomic mass is 10.0. The third-order valence-corrected chi connectivity index (χ3v) is 4.47. The highest BCUT2D eigenvalue weighted by Crippen LogP contribution is 2.36. The molecule has 3 aromatic carbocycles. The maximum Gasteiger partial charge on any atom is 0.228 e. The molecule has 0 radical (unpaired) electrons. The van der Waals surface area contributed by atoms with Gasteiger partial charge in [0.05, 0.1) is 11.2 Å². The van der Waals surface area contributed by atoms with Gasteiger partial charge >= 0.3 is 0 Å². The number of carbonyl (C=O) groups is 1. The lowest BCUT2D eigenvalue weighted by molar-refractivity contribution is 0.0943. The molecule has 4 aromatic rings. The molecular formula is C21H17NO. The topological polar surface area (TPSA) is 22.0 Å². The van der Waals surface area contributed by atoms with Crippen LogP contribution in [0.3, 0.4) is 0 Å². The Hall–Kier alpha value is -2.87. The maximum atomic E-state index is 12.5. The summed E-state index contributed by atoms with van der Waals surface area (Å²) in [7, 11) is 0. The van der Waals surface area contributed by atoms with E-state index in [4.69, 9.17) is 0 Å². The fourth-order valence-electron chi connectivity index (χ4n) is 3.46. The summed E-state index contributed by atoms with van der Waals surface area (Å²) in [5, 5.41) is 3.41. The summed E-state index contributed by atoms with van der Waals surface area (Å²) in [6.07, 6.45) is 0. The van der Waals surface area contributed by atoms with E-state index in [1.807, 2.05) is 34.9 Å². The van der Waals surface area contributed by atoms with Crippen LogP contribution in [0, 0.1) is 6.92 Å². The van der Waals surface area contributed by atoms with Crippen molar-refractivity contribution in [3.05, 3.63) is 72.3 Å². The first kappa shape index (κ1) is 13.8. The van der Waals surface area contributed by atoms with Crippen LogP contribution in [-0.2, 0) is 0 Å². The molecule has 2 heteroatoms. The summed E-state index contributed by atoms with van der Waals surface area (Å²) < 4.78 is 1.86. The van der Waals surface area contributed by atoms with Crippen LogP contribution in [0.2, 0.25) is 0 Å². The second-order valence-electron chi connectivity index (χ2n) is 5.88. The second-order valence-corrected chi connectivity index (χ2v) is 5.88. The summed E-state index contributed by atoms with van der Waals surface area (Å²) >= 11 is 0. The Morgan fingerprint density at radius 2 is 1.52 bits per heavy atom. The maximum absolute atomic E-state index is 12.5. The van der Waals surface area contributed by atoms with Crippen molar-refractivity contribution in [3.63, 3.8) is 0 Å². The lowest BCUT2D eigenvalue weighted by Crippen LogP contribution is -2.07. The van der Waals surface area contributed by atoms with E-state index in [2.05, 4.69) is 43.3 Å². The Morgan fingerprint density at radius 3 is 2.26 bits per heavy atom. The van der Waals surface area contributed by atoms with Crippen molar-refractivity contribution in [2.75, 3.05) is 0 Å². The highest BCUT2D eigenvalue weighted by Gasteiger charge is 2.19. The Morgan fingerprint density at radius 1 is 0.826 bits per heavy atom. The van der Waals surface area contributed by atoms with Gasteiger partial charge in [-0.1, -0.05) is 66.7 Å². The quantitative estimate of drug-likeness (QED) is 0.459. The van der Waals surface area contributed by atoms with Gasteiger partial charge < -0.3 is 0 Å². The van der Waals surface area contributed by atoms with E-state index < -0.39 is 0 Å². The first-order valence-electron chi connectivity index (χ1n) is 7.77. The standard InChI is InChI=1S/C21H17NO/c1-14-18-13-12-16-8-6-7-11-19(16)21(18)22(15(2)23)20(14)17-9-4-3-5-10-17/h3-13H,1-2H3. The van der Waals surface area contributed by atoms with Gasteiger partial charge in [0.25, 0.3) is 0 Å². The molecule has 2 nitrogen and oxygen atoms in total. The van der Waals surface area contributed by atoms with Crippen molar-refractivity contribution in [2.24, 2.45) is 0 Å². The van der Waals surface area contributed by atoms with Gasteiger partial charge in [0.2, 0.25) is 5.91 Å². The SMILES string of the molecule is CC(=O)n1c(-c2ccccc2)c(C)c2ccc3ccccc3c21. The van der Waals surface area contributed by atoms with Crippen molar-refractivity contribution in [3.8, 4) is 11.3 Å². The molecule has 112 valence electrons. The van der Waals surface area contributed by atoms with Crippen LogP contribution < -0.4 is 0 Å². The summed E-state index contributed by atoms with van der Waals surface area (Å²) in [4.78, 5) is 12.5. The predicted octanol–water partition coefficient (Wildman–Crippen LogP) is 5.43. The first-order valence-corrected chi connectivity index (χ1v) is 7.77. The molecule has 0 saturated heterocycles. The van der Waals surface area contributed by atoms with E-state index in [1.54, 1.807) is 6.92 Å². The first-order chi connectivity index (χ1) is 11.2. The van der Waals surface area contributed by atoms with Gasteiger partial charge in [0, 0.05) is 17.7 Å². The lowest BCUT2D eigenvalue weighted by Gasteiger charge is -2.09. The molecule has 23 heavy (non-hydrogen) atoms. The molecule has 0 amide bonds. The number of fused-ring (bicyclic) bond motifs is 3. The summed E-state index contributed by atoms with van der Waals surface area (Å²) in [6, 6.07) is 22.6. The van der Waals surface area contributed by atoms with Crippen LogP contribution >= 0.6 is 0 Å². The molecular weight excluding hydrogens is 282 g/mol. The largest absolute Gasteiger partial charge is 0.279 e. The molecule has 0 aliphatic rings. The molecule has 0 N–H and O–H groups in total. The number of rotatable bonds is 1. The van der Waals surface area contributed by atoms with Gasteiger partial charge in [-0.3, -0.25) is 9.36 Å². The zero-order chi connectivity index (χ0) is 16.0. The zero-order valence-corrected chi connectivity index (χ0v) is 13.2. The molecule has 0 saturated carbocycles. The van der Waals surface area contributed by atoms with Crippen LogP contribution in [-0.4, -0.2) is 10.5 Å². The predicted molar refractivity (Wildman–Crippen MR) is 95.9 cm³/mol. The van der Waals surface area contributed by atoms with Crippen LogP contribution in [0.4, 0.5) is 0 Å². The van der Waals surface area contributed by atoms with Crippen molar-refractivity contribution in [1.82, 2.24) is 4.57 Å². The van der Waals surface area contributed by atoms with Crippen LogP contribution in [0.15, 0.2) is 66.7 Å². The van der Waals surface area contributed by atoms with Crippen LogP contribution in [0.1, 0.15) is 17.3 Å². The zero-order valence-electron chi connectivity index (χ0n) is 13.2. The summed E-state index contributed by atoms with van der Waals surface area (Å²) in [5.41, 5.74) is 4.21. The number of hydrogen-bond acceptors (Lipinski definition) is 1. The minimum absolute atomic E-state index is 0.0401. The third kappa shape index (κ3) is 1.99. The number of carbonyl (C=O) groups excluding carboxylic acids is 1. The highest BCUT2D eigenvalue weighted by molar-refractivity contribution is 6.13. The number of aromatic nitrogens is 1. The van der Waals surface area contributed by atoms with Crippen LogP contribution in [0.5, 0.6) is 0 Å². The van der Waals surface area contributed by atoms with Gasteiger partial charge in [-0.25, -0.2) is 0 Å². The molecule has 0 unspecified atom stereocenters. The summed E-state index contributed by atoms with van der Waals surface area (Å²) in [6.45, 7) is 3.73. The van der Waals surface area contributed by atoms with Crippen molar-refractivity contribution in [2.45, 2.75) is 13.8 Å². The Bertz CT molecular complexity index is 1040. The second kappa shape index (κ2) is 5.10. The average Bonchev–Trinajstić information content (AvgIpc) is 2.89. The van der Waals surface area contributed by atoms with Gasteiger partial charge in [0.1, 0.15) is 0 Å². The van der Waals surface area contributed by atoms with E-state index in [-0.39, 0.29) is 5.91 Å². The molecule has 0 bridgehead atoms. The Labute approximate surface area is 135 Å². The van der Waals surface area contributed by atoms with Crippen LogP contribution in [0.25, 0.3) is 32.9 Å². The van der Waals surface area contributed by atoms with Gasteiger partial charge in [0.15, 0.2) is 0 Å². The van der Waals surface area contributed by atoms with E-state index in [0.29, 0.717) is 0 Å². The fourth-order valence-corrected chi connectivity index (χ4v) is 3.46. The monoisotopic (exact) mass is 299 g/mol. The highest BCUT2D eigenvalue weighted by atomic mass is 16.1. The molecule has 1 aromatic heterocycles. The third-order valence-electron chi connectivity index (χ3n) is 4.47. The van der Waals surface area contributed by atoms with Gasteiger partial charge in [-0.2, -0.15) is 0 Å². The van der Waals surface area contributed by atoms with Crippen molar-refractivity contribution >= 4 is 27.6 Å². The fraction of sp³-hybridized carbons (Fsp3) is 0.0952. The van der Waals surface area contributed by atoms with E-state index in [1.165, 1.54) is 0 Å².